The average molecular weight is 403 g/mol. The van der Waals surface area contributed by atoms with Gasteiger partial charge in [-0.1, -0.05) is 44.2 Å². The maximum atomic E-state index is 5.63. The van der Waals surface area contributed by atoms with Crippen LogP contribution in [0.1, 0.15) is 25.3 Å². The summed E-state index contributed by atoms with van der Waals surface area (Å²) in [5.74, 6) is 1.70. The standard InChI is InChI=1S/C16H25N3O.HI/c1-4-6-11-18-16(17-3)19-13-14-9-7-8-10-15(14)20-12-5-2;/h5,7-10H,2,4,6,11-13H2,1,3H3,(H2,17,18,19);1H. The first-order chi connectivity index (χ1) is 9.81. The number of rotatable bonds is 8. The van der Waals surface area contributed by atoms with E-state index in [1.165, 1.54) is 6.42 Å². The minimum absolute atomic E-state index is 0. The van der Waals surface area contributed by atoms with Crippen molar-refractivity contribution in [2.75, 3.05) is 20.2 Å². The SMILES string of the molecule is C=CCOc1ccccc1CNC(=NC)NCCCC.I. The first-order valence-electron chi connectivity index (χ1n) is 7.08. The summed E-state index contributed by atoms with van der Waals surface area (Å²) in [6.45, 7) is 7.97. The highest BCUT2D eigenvalue weighted by molar-refractivity contribution is 14.0. The number of benzene rings is 1. The van der Waals surface area contributed by atoms with E-state index in [-0.39, 0.29) is 24.0 Å². The molecule has 2 N–H and O–H groups in total. The molecule has 0 radical (unpaired) electrons. The van der Waals surface area contributed by atoms with E-state index in [1.807, 2.05) is 24.3 Å². The van der Waals surface area contributed by atoms with E-state index in [0.717, 1.165) is 30.2 Å². The second-order valence-electron chi connectivity index (χ2n) is 4.41. The Labute approximate surface area is 145 Å². The summed E-state index contributed by atoms with van der Waals surface area (Å²) in [4.78, 5) is 4.20. The van der Waals surface area contributed by atoms with E-state index in [0.29, 0.717) is 13.2 Å². The monoisotopic (exact) mass is 403 g/mol. The van der Waals surface area contributed by atoms with Crippen LogP contribution in [0.4, 0.5) is 0 Å². The summed E-state index contributed by atoms with van der Waals surface area (Å²) in [6.07, 6.45) is 4.05. The van der Waals surface area contributed by atoms with Crippen LogP contribution in [0.25, 0.3) is 0 Å². The van der Waals surface area contributed by atoms with E-state index in [4.69, 9.17) is 4.74 Å². The van der Waals surface area contributed by atoms with Crippen molar-refractivity contribution in [2.45, 2.75) is 26.3 Å². The highest BCUT2D eigenvalue weighted by atomic mass is 127. The summed E-state index contributed by atoms with van der Waals surface area (Å²) in [5.41, 5.74) is 1.10. The molecule has 0 bridgehead atoms. The van der Waals surface area contributed by atoms with Crippen molar-refractivity contribution >= 4 is 29.9 Å². The number of guanidine groups is 1. The molecule has 0 amide bonds. The van der Waals surface area contributed by atoms with Gasteiger partial charge in [-0.25, -0.2) is 0 Å². The lowest BCUT2D eigenvalue weighted by atomic mass is 10.2. The molecule has 5 heteroatoms. The van der Waals surface area contributed by atoms with Crippen LogP contribution >= 0.6 is 24.0 Å². The molecular weight excluding hydrogens is 377 g/mol. The third kappa shape index (κ3) is 7.94. The number of halogens is 1. The summed E-state index contributed by atoms with van der Waals surface area (Å²) in [6, 6.07) is 7.99. The number of hydrogen-bond donors (Lipinski definition) is 2. The van der Waals surface area contributed by atoms with Gasteiger partial charge in [-0.3, -0.25) is 4.99 Å². The Hall–Kier alpha value is -1.24. The smallest absolute Gasteiger partial charge is 0.191 e. The molecule has 1 aromatic carbocycles. The quantitative estimate of drug-likeness (QED) is 0.230. The molecule has 0 spiro atoms. The lowest BCUT2D eigenvalue weighted by Gasteiger charge is -2.14. The normalized spacial score (nSPS) is 10.5. The van der Waals surface area contributed by atoms with Crippen molar-refractivity contribution in [1.82, 2.24) is 10.6 Å². The van der Waals surface area contributed by atoms with Crippen LogP contribution < -0.4 is 15.4 Å². The molecule has 0 saturated carbocycles. The summed E-state index contributed by atoms with van der Waals surface area (Å²) in [5, 5.41) is 6.58. The number of ether oxygens (including phenoxy) is 1. The fraction of sp³-hybridized carbons (Fsp3) is 0.438. The third-order valence-corrected chi connectivity index (χ3v) is 2.82. The first kappa shape index (κ1) is 19.8. The Morgan fingerprint density at radius 1 is 1.33 bits per heavy atom. The number of hydrogen-bond acceptors (Lipinski definition) is 2. The van der Waals surface area contributed by atoms with Crippen molar-refractivity contribution < 1.29 is 4.74 Å². The van der Waals surface area contributed by atoms with E-state index in [1.54, 1.807) is 13.1 Å². The molecule has 0 aliphatic rings. The van der Waals surface area contributed by atoms with Gasteiger partial charge >= 0.3 is 0 Å². The molecule has 0 aliphatic carbocycles. The van der Waals surface area contributed by atoms with Gasteiger partial charge in [0, 0.05) is 25.7 Å². The molecule has 21 heavy (non-hydrogen) atoms. The van der Waals surface area contributed by atoms with Gasteiger partial charge in [0.05, 0.1) is 0 Å². The molecule has 1 rings (SSSR count). The fourth-order valence-corrected chi connectivity index (χ4v) is 1.72. The minimum atomic E-state index is 0. The Balaban J connectivity index is 0.00000400. The molecule has 0 fully saturated rings. The van der Waals surface area contributed by atoms with Crippen molar-refractivity contribution in [1.29, 1.82) is 0 Å². The minimum Gasteiger partial charge on any atom is -0.489 e. The van der Waals surface area contributed by atoms with Crippen LogP contribution in [0.15, 0.2) is 41.9 Å². The van der Waals surface area contributed by atoms with E-state index in [9.17, 15) is 0 Å². The van der Waals surface area contributed by atoms with Crippen LogP contribution in [-0.4, -0.2) is 26.2 Å². The van der Waals surface area contributed by atoms with Gasteiger partial charge in [0.1, 0.15) is 12.4 Å². The van der Waals surface area contributed by atoms with Crippen molar-refractivity contribution in [3.8, 4) is 5.75 Å². The predicted molar refractivity (Wildman–Crippen MR) is 101 cm³/mol. The first-order valence-corrected chi connectivity index (χ1v) is 7.08. The van der Waals surface area contributed by atoms with Gasteiger partial charge in [0.15, 0.2) is 5.96 Å². The van der Waals surface area contributed by atoms with Crippen LogP contribution in [0.2, 0.25) is 0 Å². The Morgan fingerprint density at radius 2 is 2.10 bits per heavy atom. The Bertz CT molecular complexity index is 435. The molecule has 4 nitrogen and oxygen atoms in total. The molecule has 0 unspecified atom stereocenters. The fourth-order valence-electron chi connectivity index (χ4n) is 1.72. The lowest BCUT2D eigenvalue weighted by molar-refractivity contribution is 0.358. The van der Waals surface area contributed by atoms with E-state index in [2.05, 4.69) is 29.1 Å². The van der Waals surface area contributed by atoms with Crippen LogP contribution in [0, 0.1) is 0 Å². The highest BCUT2D eigenvalue weighted by Gasteiger charge is 2.03. The topological polar surface area (TPSA) is 45.6 Å². The van der Waals surface area contributed by atoms with Crippen molar-refractivity contribution in [2.24, 2.45) is 4.99 Å². The summed E-state index contributed by atoms with van der Waals surface area (Å²) in [7, 11) is 1.78. The number of aliphatic imine (C=N–C) groups is 1. The molecule has 0 aromatic heterocycles. The number of unbranched alkanes of at least 4 members (excludes halogenated alkanes) is 1. The Morgan fingerprint density at radius 3 is 2.76 bits per heavy atom. The zero-order valence-corrected chi connectivity index (χ0v) is 15.2. The van der Waals surface area contributed by atoms with Crippen molar-refractivity contribution in [3.63, 3.8) is 0 Å². The van der Waals surface area contributed by atoms with Gasteiger partial charge in [0.25, 0.3) is 0 Å². The lowest BCUT2D eigenvalue weighted by Crippen LogP contribution is -2.37. The van der Waals surface area contributed by atoms with Crippen LogP contribution in [-0.2, 0) is 6.54 Å². The molecule has 0 atom stereocenters. The van der Waals surface area contributed by atoms with Crippen molar-refractivity contribution in [3.05, 3.63) is 42.5 Å². The molecule has 1 aromatic rings. The summed E-state index contributed by atoms with van der Waals surface area (Å²) < 4.78 is 5.63. The second kappa shape index (κ2) is 12.5. The van der Waals surface area contributed by atoms with Gasteiger partial charge in [-0.15, -0.1) is 24.0 Å². The second-order valence-corrected chi connectivity index (χ2v) is 4.41. The Kier molecular flexibility index (Phi) is 11.8. The van der Waals surface area contributed by atoms with E-state index < -0.39 is 0 Å². The maximum Gasteiger partial charge on any atom is 0.191 e. The van der Waals surface area contributed by atoms with Gasteiger partial charge in [-0.2, -0.15) is 0 Å². The third-order valence-electron chi connectivity index (χ3n) is 2.82. The average Bonchev–Trinajstić information content (AvgIpc) is 2.49. The maximum absolute atomic E-state index is 5.63. The van der Waals surface area contributed by atoms with Crippen LogP contribution in [0.5, 0.6) is 5.75 Å². The highest BCUT2D eigenvalue weighted by Crippen LogP contribution is 2.17. The molecular formula is C16H26IN3O. The summed E-state index contributed by atoms with van der Waals surface area (Å²) >= 11 is 0. The number of nitrogens with zero attached hydrogens (tertiary/aromatic N) is 1. The molecule has 0 saturated heterocycles. The van der Waals surface area contributed by atoms with E-state index >= 15 is 0 Å². The van der Waals surface area contributed by atoms with Gasteiger partial charge in [-0.05, 0) is 12.5 Å². The molecule has 118 valence electrons. The number of para-hydroxylation sites is 1. The molecule has 0 aliphatic heterocycles. The number of nitrogens with one attached hydrogen (secondary N) is 2. The van der Waals surface area contributed by atoms with Gasteiger partial charge in [0.2, 0.25) is 0 Å². The predicted octanol–water partition coefficient (Wildman–Crippen LogP) is 3.33. The zero-order valence-electron chi connectivity index (χ0n) is 12.9. The van der Waals surface area contributed by atoms with Gasteiger partial charge < -0.3 is 15.4 Å². The largest absolute Gasteiger partial charge is 0.489 e. The van der Waals surface area contributed by atoms with Crippen LogP contribution in [0.3, 0.4) is 0 Å². The molecule has 0 heterocycles. The zero-order chi connectivity index (χ0) is 14.6.